The number of hydrogen-bond donors (Lipinski definition) is 1. The Labute approximate surface area is 210 Å². The van der Waals surface area contributed by atoms with Crippen molar-refractivity contribution in [2.75, 3.05) is 33.2 Å². The maximum Gasteiger partial charge on any atom is 0.251 e. The monoisotopic (exact) mass is 501 g/mol. The zero-order valence-corrected chi connectivity index (χ0v) is 21.3. The average molecular weight is 502 g/mol. The zero-order chi connectivity index (χ0) is 26.2. The maximum absolute atomic E-state index is 14.8. The van der Waals surface area contributed by atoms with Crippen LogP contribution < -0.4 is 5.32 Å². The van der Waals surface area contributed by atoms with E-state index in [4.69, 9.17) is 0 Å². The van der Waals surface area contributed by atoms with Gasteiger partial charge in [0, 0.05) is 56.3 Å². The van der Waals surface area contributed by atoms with Crippen molar-refractivity contribution in [1.82, 2.24) is 15.1 Å². The molecule has 36 heavy (non-hydrogen) atoms. The molecule has 0 saturated carbocycles. The third-order valence-electron chi connectivity index (χ3n) is 7.68. The third kappa shape index (κ3) is 5.28. The molecule has 0 spiro atoms. The smallest absolute Gasteiger partial charge is 0.251 e. The minimum Gasteiger partial charge on any atom is -0.355 e. The zero-order valence-electron chi connectivity index (χ0n) is 21.3. The number of hydrogen-bond acceptors (Lipinski definition) is 3. The van der Waals surface area contributed by atoms with Crippen molar-refractivity contribution in [3.8, 4) is 0 Å². The lowest BCUT2D eigenvalue weighted by atomic mass is 9.84. The fourth-order valence-electron chi connectivity index (χ4n) is 5.58. The lowest BCUT2D eigenvalue weighted by molar-refractivity contribution is -0.136. The highest BCUT2D eigenvalue weighted by Crippen LogP contribution is 2.39. The van der Waals surface area contributed by atoms with Crippen LogP contribution in [0.5, 0.6) is 0 Å². The van der Waals surface area contributed by atoms with Gasteiger partial charge in [-0.15, -0.1) is 0 Å². The number of nitrogens with one attached hydrogen (secondary N) is 1. The summed E-state index contributed by atoms with van der Waals surface area (Å²) in [4.78, 5) is 30.0. The number of carbonyl (C=O) groups is 2. The molecule has 8 heteroatoms. The van der Waals surface area contributed by atoms with Gasteiger partial charge in [-0.3, -0.25) is 14.5 Å². The number of likely N-dealkylation sites (tertiary alicyclic amines) is 2. The van der Waals surface area contributed by atoms with E-state index in [1.807, 2.05) is 4.90 Å². The SMILES string of the molecule is CNC(=O)c1cc(F)ccc1C1CCN(C(=O)C2CN(C(C)(C)C)C[C@H]2c2ccc(F)cc2F)CC1. The lowest BCUT2D eigenvalue weighted by Gasteiger charge is -2.35. The molecule has 1 unspecified atom stereocenters. The van der Waals surface area contributed by atoms with Crippen LogP contribution in [0.4, 0.5) is 13.2 Å². The predicted molar refractivity (Wildman–Crippen MR) is 132 cm³/mol. The second-order valence-corrected chi connectivity index (χ2v) is 10.9. The van der Waals surface area contributed by atoms with E-state index in [1.165, 1.54) is 31.3 Å². The van der Waals surface area contributed by atoms with Gasteiger partial charge in [0.2, 0.25) is 5.91 Å². The minimum atomic E-state index is -0.635. The van der Waals surface area contributed by atoms with Crippen molar-refractivity contribution in [3.63, 3.8) is 0 Å². The lowest BCUT2D eigenvalue weighted by Crippen LogP contribution is -2.44. The number of nitrogens with zero attached hydrogens (tertiary/aromatic N) is 2. The first-order chi connectivity index (χ1) is 17.0. The number of benzene rings is 2. The fraction of sp³-hybridized carbons (Fsp3) is 0.500. The van der Waals surface area contributed by atoms with Crippen molar-refractivity contribution in [1.29, 1.82) is 0 Å². The summed E-state index contributed by atoms with van der Waals surface area (Å²) in [6.45, 7) is 8.21. The van der Waals surface area contributed by atoms with Crippen LogP contribution in [0.3, 0.4) is 0 Å². The summed E-state index contributed by atoms with van der Waals surface area (Å²) in [5.41, 5.74) is 1.29. The van der Waals surface area contributed by atoms with Gasteiger partial charge >= 0.3 is 0 Å². The molecule has 2 heterocycles. The van der Waals surface area contributed by atoms with Crippen LogP contribution in [0.2, 0.25) is 0 Å². The number of carbonyl (C=O) groups excluding carboxylic acids is 2. The highest BCUT2D eigenvalue weighted by Gasteiger charge is 2.44. The maximum atomic E-state index is 14.8. The van der Waals surface area contributed by atoms with E-state index >= 15 is 0 Å². The molecule has 2 aliphatic rings. The summed E-state index contributed by atoms with van der Waals surface area (Å²) < 4.78 is 42.1. The molecule has 5 nitrogen and oxygen atoms in total. The molecule has 2 amide bonds. The molecule has 4 rings (SSSR count). The van der Waals surface area contributed by atoms with Gasteiger partial charge in [-0.1, -0.05) is 12.1 Å². The molecule has 0 radical (unpaired) electrons. The van der Waals surface area contributed by atoms with E-state index in [0.29, 0.717) is 50.1 Å². The normalized spacial score (nSPS) is 21.6. The third-order valence-corrected chi connectivity index (χ3v) is 7.68. The quantitative estimate of drug-likeness (QED) is 0.662. The van der Waals surface area contributed by atoms with Crippen LogP contribution in [0.1, 0.15) is 66.9 Å². The molecule has 2 atom stereocenters. The van der Waals surface area contributed by atoms with Gasteiger partial charge in [0.15, 0.2) is 0 Å². The van der Waals surface area contributed by atoms with Crippen molar-refractivity contribution in [2.45, 2.75) is 51.0 Å². The molecule has 2 aromatic carbocycles. The summed E-state index contributed by atoms with van der Waals surface area (Å²) in [5, 5.41) is 2.57. The first kappa shape index (κ1) is 26.2. The first-order valence-electron chi connectivity index (χ1n) is 12.5. The standard InChI is InChI=1S/C28H34F3N3O2/c1-28(2,3)34-15-23(21-8-6-19(30)14-25(21)31)24(16-34)27(36)33-11-9-17(10-12-33)20-7-5-18(29)13-22(20)26(35)32-4/h5-8,13-14,17,23-24H,9-12,15-16H2,1-4H3,(H,32,35)/t23-,24?/m0/s1. The Morgan fingerprint density at radius 3 is 2.11 bits per heavy atom. The van der Waals surface area contributed by atoms with E-state index in [-0.39, 0.29) is 29.2 Å². The molecule has 0 aromatic heterocycles. The molecule has 0 bridgehead atoms. The Balaban J connectivity index is 1.52. The summed E-state index contributed by atoms with van der Waals surface area (Å²) in [6.07, 6.45) is 1.29. The molecular formula is C28H34F3N3O2. The highest BCUT2D eigenvalue weighted by molar-refractivity contribution is 5.95. The predicted octanol–water partition coefficient (Wildman–Crippen LogP) is 4.68. The van der Waals surface area contributed by atoms with Crippen LogP contribution in [0.15, 0.2) is 36.4 Å². The molecule has 0 aliphatic carbocycles. The Morgan fingerprint density at radius 1 is 0.917 bits per heavy atom. The van der Waals surface area contributed by atoms with Crippen LogP contribution in [-0.2, 0) is 4.79 Å². The molecule has 2 saturated heterocycles. The van der Waals surface area contributed by atoms with Crippen LogP contribution in [-0.4, -0.2) is 60.4 Å². The summed E-state index contributed by atoms with van der Waals surface area (Å²) in [5.74, 6) is -2.86. The Morgan fingerprint density at radius 2 is 1.53 bits per heavy atom. The van der Waals surface area contributed by atoms with Gasteiger partial charge in [0.25, 0.3) is 5.91 Å². The van der Waals surface area contributed by atoms with Crippen molar-refractivity contribution in [3.05, 3.63) is 70.5 Å². The van der Waals surface area contributed by atoms with Gasteiger partial charge < -0.3 is 10.2 Å². The summed E-state index contributed by atoms with van der Waals surface area (Å²) >= 11 is 0. The van der Waals surface area contributed by atoms with Crippen molar-refractivity contribution < 1.29 is 22.8 Å². The van der Waals surface area contributed by atoms with Gasteiger partial charge in [-0.05, 0) is 68.9 Å². The van der Waals surface area contributed by atoms with Crippen LogP contribution in [0, 0.1) is 23.4 Å². The molecule has 2 aliphatic heterocycles. The highest BCUT2D eigenvalue weighted by atomic mass is 19.1. The van der Waals surface area contributed by atoms with Crippen molar-refractivity contribution in [2.24, 2.45) is 5.92 Å². The summed E-state index contributed by atoms with van der Waals surface area (Å²) in [6, 6.07) is 7.87. The van der Waals surface area contributed by atoms with Gasteiger partial charge in [-0.2, -0.15) is 0 Å². The molecule has 2 aromatic rings. The molecule has 2 fully saturated rings. The minimum absolute atomic E-state index is 0.0282. The number of halogens is 3. The van der Waals surface area contributed by atoms with Gasteiger partial charge in [0.1, 0.15) is 17.5 Å². The van der Waals surface area contributed by atoms with E-state index in [0.717, 1.165) is 11.6 Å². The average Bonchev–Trinajstić information content (AvgIpc) is 3.29. The van der Waals surface area contributed by atoms with Crippen molar-refractivity contribution >= 4 is 11.8 Å². The number of amides is 2. The summed E-state index contributed by atoms with van der Waals surface area (Å²) in [7, 11) is 1.52. The van der Waals surface area contributed by atoms with E-state index in [9.17, 15) is 22.8 Å². The largest absolute Gasteiger partial charge is 0.355 e. The Bertz CT molecular complexity index is 1140. The topological polar surface area (TPSA) is 52.7 Å². The van der Waals surface area contributed by atoms with Gasteiger partial charge in [-0.25, -0.2) is 13.2 Å². The second kappa shape index (κ2) is 10.2. The van der Waals surface area contributed by atoms with E-state index in [2.05, 4.69) is 31.0 Å². The van der Waals surface area contributed by atoms with Gasteiger partial charge in [0.05, 0.1) is 5.92 Å². The molecule has 194 valence electrons. The molecular weight excluding hydrogens is 467 g/mol. The number of piperidine rings is 1. The number of rotatable bonds is 4. The Hall–Kier alpha value is -2.87. The fourth-order valence-corrected chi connectivity index (χ4v) is 5.58. The van der Waals surface area contributed by atoms with E-state index < -0.39 is 23.4 Å². The Kier molecular flexibility index (Phi) is 7.46. The molecule has 1 N–H and O–H groups in total. The second-order valence-electron chi connectivity index (χ2n) is 10.9. The first-order valence-corrected chi connectivity index (χ1v) is 12.5. The van der Waals surface area contributed by atoms with Crippen LogP contribution in [0.25, 0.3) is 0 Å². The van der Waals surface area contributed by atoms with Crippen LogP contribution >= 0.6 is 0 Å². The van der Waals surface area contributed by atoms with E-state index in [1.54, 1.807) is 6.07 Å².